The monoisotopic (exact) mass is 986 g/mol. The summed E-state index contributed by atoms with van der Waals surface area (Å²) in [5.41, 5.74) is 0. The van der Waals surface area contributed by atoms with Crippen molar-refractivity contribution in [3.05, 3.63) is 24.3 Å². The molecule has 2 unspecified atom stereocenters. The van der Waals surface area contributed by atoms with Gasteiger partial charge in [-0.3, -0.25) is 9.59 Å². The summed E-state index contributed by atoms with van der Waals surface area (Å²) in [6, 6.07) is -0.623. The van der Waals surface area contributed by atoms with E-state index in [1.54, 1.807) is 6.08 Å². The summed E-state index contributed by atoms with van der Waals surface area (Å²) in [6.07, 6.45) is 73.8. The Hall–Kier alpha value is -1.66. The second-order valence-corrected chi connectivity index (χ2v) is 21.7. The Labute approximate surface area is 437 Å². The molecule has 0 radical (unpaired) electrons. The standard InChI is InChI=1S/C64H123NO5/c1-3-5-7-9-11-13-15-16-34-38-42-46-50-54-58-64(69)70-59-55-51-47-43-39-35-32-30-28-26-24-22-20-18-17-19-21-23-25-27-29-31-33-37-41-45-49-53-57-63(68)65-61(60-66)62(67)56-52-48-44-40-36-14-12-10-8-6-4-2/h15-16,52,56,61-62,66-67H,3-14,17-51,53-55,57-60H2,1-2H3,(H,65,68)/b16-15-,56-52+. The van der Waals surface area contributed by atoms with Gasteiger partial charge < -0.3 is 20.3 Å². The molecular formula is C64H123NO5. The van der Waals surface area contributed by atoms with E-state index in [9.17, 15) is 19.8 Å². The average Bonchev–Trinajstić information content (AvgIpc) is 3.36. The highest BCUT2D eigenvalue weighted by molar-refractivity contribution is 5.76. The van der Waals surface area contributed by atoms with E-state index in [0.29, 0.717) is 19.4 Å². The number of nitrogens with one attached hydrogen (secondary N) is 1. The first-order valence-corrected chi connectivity index (χ1v) is 31.6. The maximum absolute atomic E-state index is 12.4. The number of carbonyl (C=O) groups is 2. The zero-order valence-electron chi connectivity index (χ0n) is 47.3. The van der Waals surface area contributed by atoms with Crippen molar-refractivity contribution in [3.8, 4) is 0 Å². The molecule has 0 heterocycles. The first kappa shape index (κ1) is 68.3. The van der Waals surface area contributed by atoms with Crippen LogP contribution in [-0.4, -0.2) is 47.4 Å². The van der Waals surface area contributed by atoms with E-state index in [-0.39, 0.29) is 18.5 Å². The number of carbonyl (C=O) groups excluding carboxylic acids is 2. The van der Waals surface area contributed by atoms with Crippen molar-refractivity contribution in [2.75, 3.05) is 13.2 Å². The minimum Gasteiger partial charge on any atom is -0.466 e. The minimum absolute atomic E-state index is 0.0100. The van der Waals surface area contributed by atoms with Gasteiger partial charge in [0.25, 0.3) is 0 Å². The fraction of sp³-hybridized carbons (Fsp3) is 0.906. The van der Waals surface area contributed by atoms with E-state index >= 15 is 0 Å². The Kier molecular flexibility index (Phi) is 58.5. The van der Waals surface area contributed by atoms with Crippen LogP contribution in [0.1, 0.15) is 348 Å². The summed E-state index contributed by atoms with van der Waals surface area (Å²) in [5.74, 6) is -0.0550. The van der Waals surface area contributed by atoms with Gasteiger partial charge in [0.2, 0.25) is 5.91 Å². The van der Waals surface area contributed by atoms with Crippen LogP contribution >= 0.6 is 0 Å². The van der Waals surface area contributed by atoms with Crippen LogP contribution < -0.4 is 5.32 Å². The number of unbranched alkanes of at least 4 members (excludes halogenated alkanes) is 46. The average molecular weight is 987 g/mol. The predicted molar refractivity (Wildman–Crippen MR) is 306 cm³/mol. The molecule has 1 amide bonds. The SMILES string of the molecule is CCCCCCC/C=C\CCCCCCCC(=O)OCCCCCCCCCCCCCCCCCCCCCCCCCCCCCCC(=O)NC(CO)C(O)/C=C/CCCCCCCCCCC. The first-order chi connectivity index (χ1) is 34.5. The fourth-order valence-electron chi connectivity index (χ4n) is 9.87. The van der Waals surface area contributed by atoms with Crippen molar-refractivity contribution in [1.29, 1.82) is 0 Å². The number of rotatable bonds is 59. The smallest absolute Gasteiger partial charge is 0.305 e. The lowest BCUT2D eigenvalue weighted by atomic mass is 10.0. The normalized spacial score (nSPS) is 12.7. The third kappa shape index (κ3) is 55.7. The van der Waals surface area contributed by atoms with Gasteiger partial charge in [0, 0.05) is 12.8 Å². The van der Waals surface area contributed by atoms with Gasteiger partial charge >= 0.3 is 5.97 Å². The number of amides is 1. The fourth-order valence-corrected chi connectivity index (χ4v) is 9.87. The maximum atomic E-state index is 12.4. The maximum Gasteiger partial charge on any atom is 0.305 e. The van der Waals surface area contributed by atoms with Gasteiger partial charge in [-0.15, -0.1) is 0 Å². The molecule has 0 aliphatic carbocycles. The Bertz CT molecular complexity index is 1090. The number of aliphatic hydroxyl groups excluding tert-OH is 2. The van der Waals surface area contributed by atoms with Crippen molar-refractivity contribution in [3.63, 3.8) is 0 Å². The lowest BCUT2D eigenvalue weighted by molar-refractivity contribution is -0.143. The molecule has 414 valence electrons. The number of esters is 1. The van der Waals surface area contributed by atoms with Gasteiger partial charge in [0.1, 0.15) is 0 Å². The molecule has 0 spiro atoms. The Balaban J connectivity index is 3.33. The van der Waals surface area contributed by atoms with E-state index in [4.69, 9.17) is 4.74 Å². The molecule has 0 aromatic rings. The highest BCUT2D eigenvalue weighted by atomic mass is 16.5. The second-order valence-electron chi connectivity index (χ2n) is 21.7. The Morgan fingerprint density at radius 1 is 0.386 bits per heavy atom. The van der Waals surface area contributed by atoms with Crippen LogP contribution in [0.2, 0.25) is 0 Å². The molecule has 3 N–H and O–H groups in total. The highest BCUT2D eigenvalue weighted by Gasteiger charge is 2.18. The van der Waals surface area contributed by atoms with Gasteiger partial charge in [-0.1, -0.05) is 301 Å². The zero-order chi connectivity index (χ0) is 50.7. The number of allylic oxidation sites excluding steroid dienone is 3. The highest BCUT2D eigenvalue weighted by Crippen LogP contribution is 2.18. The molecule has 6 nitrogen and oxygen atoms in total. The molecule has 0 bridgehead atoms. The molecule has 0 rings (SSSR count). The van der Waals surface area contributed by atoms with E-state index in [1.807, 2.05) is 6.08 Å². The summed E-state index contributed by atoms with van der Waals surface area (Å²) >= 11 is 0. The molecule has 0 saturated heterocycles. The molecule has 0 saturated carbocycles. The Morgan fingerprint density at radius 3 is 1.01 bits per heavy atom. The molecule has 0 aromatic heterocycles. The van der Waals surface area contributed by atoms with E-state index < -0.39 is 12.1 Å². The van der Waals surface area contributed by atoms with E-state index in [2.05, 4.69) is 31.3 Å². The van der Waals surface area contributed by atoms with Crippen LogP contribution in [0.3, 0.4) is 0 Å². The number of aliphatic hydroxyl groups is 2. The molecule has 70 heavy (non-hydrogen) atoms. The largest absolute Gasteiger partial charge is 0.466 e. The number of hydrogen-bond acceptors (Lipinski definition) is 5. The van der Waals surface area contributed by atoms with E-state index in [1.165, 1.54) is 276 Å². The minimum atomic E-state index is -0.840. The molecule has 0 aliphatic heterocycles. The topological polar surface area (TPSA) is 95.9 Å². The lowest BCUT2D eigenvalue weighted by Gasteiger charge is -2.20. The van der Waals surface area contributed by atoms with Crippen LogP contribution in [0.15, 0.2) is 24.3 Å². The summed E-state index contributed by atoms with van der Waals surface area (Å²) in [7, 11) is 0. The third-order valence-corrected chi connectivity index (χ3v) is 14.7. The summed E-state index contributed by atoms with van der Waals surface area (Å²) in [5, 5.41) is 23.0. The van der Waals surface area contributed by atoms with Crippen molar-refractivity contribution in [2.45, 2.75) is 360 Å². The number of ether oxygens (including phenoxy) is 1. The van der Waals surface area contributed by atoms with Crippen LogP contribution in [0, 0.1) is 0 Å². The second kappa shape index (κ2) is 59.9. The van der Waals surface area contributed by atoms with Gasteiger partial charge in [-0.05, 0) is 57.8 Å². The lowest BCUT2D eigenvalue weighted by Crippen LogP contribution is -2.45. The summed E-state index contributed by atoms with van der Waals surface area (Å²) < 4.78 is 5.48. The predicted octanol–water partition coefficient (Wildman–Crippen LogP) is 19.8. The third-order valence-electron chi connectivity index (χ3n) is 14.7. The Morgan fingerprint density at radius 2 is 0.671 bits per heavy atom. The molecule has 0 aromatic carbocycles. The number of hydrogen-bond donors (Lipinski definition) is 3. The van der Waals surface area contributed by atoms with Gasteiger partial charge in [0.05, 0.1) is 25.4 Å². The summed E-state index contributed by atoms with van der Waals surface area (Å²) in [6.45, 7) is 4.90. The molecular weight excluding hydrogens is 863 g/mol. The van der Waals surface area contributed by atoms with Gasteiger partial charge in [-0.2, -0.15) is 0 Å². The quantitative estimate of drug-likeness (QED) is 0.0321. The van der Waals surface area contributed by atoms with Crippen LogP contribution in [0.4, 0.5) is 0 Å². The summed E-state index contributed by atoms with van der Waals surface area (Å²) in [4.78, 5) is 24.5. The molecule has 2 atom stereocenters. The molecule has 6 heteroatoms. The van der Waals surface area contributed by atoms with Crippen molar-refractivity contribution < 1.29 is 24.5 Å². The van der Waals surface area contributed by atoms with Crippen LogP contribution in [0.25, 0.3) is 0 Å². The van der Waals surface area contributed by atoms with Gasteiger partial charge in [0.15, 0.2) is 0 Å². The van der Waals surface area contributed by atoms with Crippen LogP contribution in [-0.2, 0) is 14.3 Å². The molecule has 0 fully saturated rings. The zero-order valence-corrected chi connectivity index (χ0v) is 47.3. The van der Waals surface area contributed by atoms with Crippen molar-refractivity contribution in [1.82, 2.24) is 5.32 Å². The van der Waals surface area contributed by atoms with Crippen LogP contribution in [0.5, 0.6) is 0 Å². The van der Waals surface area contributed by atoms with E-state index in [0.717, 1.165) is 44.9 Å². The first-order valence-electron chi connectivity index (χ1n) is 31.6. The van der Waals surface area contributed by atoms with Crippen molar-refractivity contribution in [2.24, 2.45) is 0 Å². The van der Waals surface area contributed by atoms with Crippen molar-refractivity contribution >= 4 is 11.9 Å². The van der Waals surface area contributed by atoms with Gasteiger partial charge in [-0.25, -0.2) is 0 Å². The molecule has 0 aliphatic rings.